The van der Waals surface area contributed by atoms with E-state index in [1.54, 1.807) is 12.1 Å². The number of esters is 2. The molecular weight excluding hydrogens is 496 g/mol. The molecule has 0 unspecified atom stereocenters. The molecule has 1 aliphatic rings. The molecule has 12 nitrogen and oxygen atoms in total. The fraction of sp³-hybridized carbons (Fsp3) is 0.308. The number of fused-ring (bicyclic) bond motifs is 2. The monoisotopic (exact) mass is 524 g/mol. The van der Waals surface area contributed by atoms with Crippen LogP contribution in [0.4, 0.5) is 11.4 Å². The van der Waals surface area contributed by atoms with Gasteiger partial charge in [-0.25, -0.2) is 0 Å². The van der Waals surface area contributed by atoms with Gasteiger partial charge in [-0.3, -0.25) is 28.8 Å². The Morgan fingerprint density at radius 1 is 0.658 bits per heavy atom. The summed E-state index contributed by atoms with van der Waals surface area (Å²) in [4.78, 5) is 74.0. The van der Waals surface area contributed by atoms with Gasteiger partial charge in [-0.15, -0.1) is 0 Å². The van der Waals surface area contributed by atoms with Gasteiger partial charge in [-0.05, 0) is 12.1 Å². The van der Waals surface area contributed by atoms with Crippen LogP contribution in [0.1, 0.15) is 44.7 Å². The summed E-state index contributed by atoms with van der Waals surface area (Å²) < 4.78 is 9.08. The Balaban J connectivity index is 1.72. The summed E-state index contributed by atoms with van der Waals surface area (Å²) in [6.07, 6.45) is 0.188. The van der Waals surface area contributed by atoms with Crippen LogP contribution in [-0.2, 0) is 28.7 Å². The van der Waals surface area contributed by atoms with Crippen molar-refractivity contribution in [1.82, 2.24) is 10.6 Å². The predicted molar refractivity (Wildman–Crippen MR) is 136 cm³/mol. The number of nitrogens with one attached hydrogen (secondary N) is 4. The molecule has 200 valence electrons. The molecule has 0 aromatic heterocycles. The number of amides is 2. The Kier molecular flexibility index (Phi) is 9.79. The van der Waals surface area contributed by atoms with E-state index in [2.05, 4.69) is 30.7 Å². The van der Waals surface area contributed by atoms with Gasteiger partial charge >= 0.3 is 11.9 Å². The third-order valence-corrected chi connectivity index (χ3v) is 5.66. The summed E-state index contributed by atoms with van der Waals surface area (Å²) >= 11 is 0. The standard InChI is InChI=1S/C26H28N4O8/c1-37-21(33)9-11-27-13-19(31)29-17-7-3-5-15-23(17)25(35)16-6-4-8-18(24(16)26(15)36)30-20(32)14-28-12-10-22(34)38-2/h3-8,27-28H,9-14H2,1-2H3,(H,29,31)(H,30,32). The molecule has 0 saturated heterocycles. The van der Waals surface area contributed by atoms with Crippen molar-refractivity contribution in [2.24, 2.45) is 0 Å². The Labute approximate surface area is 218 Å². The summed E-state index contributed by atoms with van der Waals surface area (Å²) in [5.74, 6) is -2.70. The van der Waals surface area contributed by atoms with E-state index in [1.165, 1.54) is 38.5 Å². The quantitative estimate of drug-likeness (QED) is 0.195. The van der Waals surface area contributed by atoms with Crippen molar-refractivity contribution in [2.75, 3.05) is 51.0 Å². The van der Waals surface area contributed by atoms with E-state index in [-0.39, 0.29) is 72.6 Å². The molecular formula is C26H28N4O8. The van der Waals surface area contributed by atoms with Gasteiger partial charge in [0.25, 0.3) is 0 Å². The second-order valence-electron chi connectivity index (χ2n) is 8.22. The minimum Gasteiger partial charge on any atom is -0.469 e. The number of anilines is 2. The number of ketones is 2. The number of carbonyl (C=O) groups excluding carboxylic acids is 6. The Morgan fingerprint density at radius 2 is 1.05 bits per heavy atom. The van der Waals surface area contributed by atoms with Gasteiger partial charge in [-0.1, -0.05) is 24.3 Å². The highest BCUT2D eigenvalue weighted by Gasteiger charge is 2.34. The van der Waals surface area contributed by atoms with E-state index < -0.39 is 35.3 Å². The summed E-state index contributed by atoms with van der Waals surface area (Å²) in [5.41, 5.74) is 0.654. The van der Waals surface area contributed by atoms with Gasteiger partial charge in [0, 0.05) is 24.2 Å². The Bertz CT molecular complexity index is 1180. The number of hydrogen-bond acceptors (Lipinski definition) is 10. The normalized spacial score (nSPS) is 11.7. The number of benzene rings is 2. The number of carbonyl (C=O) groups is 6. The largest absolute Gasteiger partial charge is 0.469 e. The maximum absolute atomic E-state index is 13.4. The van der Waals surface area contributed by atoms with E-state index in [9.17, 15) is 28.8 Å². The maximum atomic E-state index is 13.4. The van der Waals surface area contributed by atoms with Gasteiger partial charge in [0.15, 0.2) is 11.6 Å². The lowest BCUT2D eigenvalue weighted by Gasteiger charge is -2.22. The molecule has 3 rings (SSSR count). The molecule has 0 atom stereocenters. The first-order chi connectivity index (χ1) is 18.3. The summed E-state index contributed by atoms with van der Waals surface area (Å²) in [6, 6.07) is 9.09. The van der Waals surface area contributed by atoms with Crippen molar-refractivity contribution >= 4 is 46.7 Å². The lowest BCUT2D eigenvalue weighted by atomic mass is 9.82. The van der Waals surface area contributed by atoms with Crippen molar-refractivity contribution in [3.05, 3.63) is 58.7 Å². The van der Waals surface area contributed by atoms with E-state index in [0.29, 0.717) is 0 Å². The van der Waals surface area contributed by atoms with Gasteiger partial charge in [0.05, 0.1) is 62.7 Å². The zero-order valence-corrected chi connectivity index (χ0v) is 21.0. The van der Waals surface area contributed by atoms with Crippen LogP contribution in [0.3, 0.4) is 0 Å². The van der Waals surface area contributed by atoms with Crippen LogP contribution in [0.25, 0.3) is 0 Å². The average molecular weight is 525 g/mol. The zero-order chi connectivity index (χ0) is 27.7. The molecule has 2 amide bonds. The molecule has 4 N–H and O–H groups in total. The Hall–Kier alpha value is -4.42. The van der Waals surface area contributed by atoms with Gasteiger partial charge < -0.3 is 30.7 Å². The third kappa shape index (κ3) is 6.87. The van der Waals surface area contributed by atoms with Crippen molar-refractivity contribution in [1.29, 1.82) is 0 Å². The summed E-state index contributed by atoms with van der Waals surface area (Å²) in [7, 11) is 2.54. The van der Waals surface area contributed by atoms with E-state index in [0.717, 1.165) is 0 Å². The fourth-order valence-corrected chi connectivity index (χ4v) is 3.83. The van der Waals surface area contributed by atoms with Crippen molar-refractivity contribution in [2.45, 2.75) is 12.8 Å². The number of ether oxygens (including phenoxy) is 2. The smallest absolute Gasteiger partial charge is 0.306 e. The maximum Gasteiger partial charge on any atom is 0.306 e. The van der Waals surface area contributed by atoms with Crippen molar-refractivity contribution in [3.8, 4) is 0 Å². The third-order valence-electron chi connectivity index (χ3n) is 5.66. The molecule has 0 fully saturated rings. The SMILES string of the molecule is COC(=O)CCNCC(=O)Nc1cccc2c1C(=O)c1cccc(NC(=O)CNCCC(=O)OC)c1C2=O. The van der Waals surface area contributed by atoms with Crippen LogP contribution >= 0.6 is 0 Å². The lowest BCUT2D eigenvalue weighted by molar-refractivity contribution is -0.141. The number of methoxy groups -OCH3 is 2. The molecule has 12 heteroatoms. The first-order valence-electron chi connectivity index (χ1n) is 11.8. The molecule has 0 aliphatic heterocycles. The van der Waals surface area contributed by atoms with Gasteiger partial charge in [0.1, 0.15) is 0 Å². The first kappa shape index (κ1) is 28.2. The van der Waals surface area contributed by atoms with Crippen LogP contribution in [0.2, 0.25) is 0 Å². The van der Waals surface area contributed by atoms with Gasteiger partial charge in [0.2, 0.25) is 11.8 Å². The van der Waals surface area contributed by atoms with Crippen LogP contribution in [0.15, 0.2) is 36.4 Å². The predicted octanol–water partition coefficient (Wildman–Crippen LogP) is 0.644. The molecule has 0 bridgehead atoms. The van der Waals surface area contributed by atoms with Gasteiger partial charge in [-0.2, -0.15) is 0 Å². The first-order valence-corrected chi connectivity index (χ1v) is 11.8. The molecule has 1 aliphatic carbocycles. The molecule has 38 heavy (non-hydrogen) atoms. The van der Waals surface area contributed by atoms with Crippen molar-refractivity contribution < 1.29 is 38.2 Å². The minimum absolute atomic E-state index is 0.0564. The fourth-order valence-electron chi connectivity index (χ4n) is 3.83. The second-order valence-corrected chi connectivity index (χ2v) is 8.22. The topological polar surface area (TPSA) is 169 Å². The molecule has 0 saturated carbocycles. The Morgan fingerprint density at radius 3 is 1.42 bits per heavy atom. The molecule has 0 spiro atoms. The van der Waals surface area contributed by atoms with Crippen LogP contribution in [0, 0.1) is 0 Å². The summed E-state index contributed by atoms with van der Waals surface area (Å²) in [5, 5.41) is 10.9. The zero-order valence-electron chi connectivity index (χ0n) is 21.0. The van der Waals surface area contributed by atoms with E-state index >= 15 is 0 Å². The highest BCUT2D eigenvalue weighted by atomic mass is 16.5. The van der Waals surface area contributed by atoms with E-state index in [1.807, 2.05) is 0 Å². The molecule has 2 aromatic rings. The average Bonchev–Trinajstić information content (AvgIpc) is 2.91. The summed E-state index contributed by atoms with van der Waals surface area (Å²) in [6.45, 7) is 0.215. The minimum atomic E-state index is -0.476. The number of rotatable bonds is 12. The molecule has 0 radical (unpaired) electrons. The second kappa shape index (κ2) is 13.2. The van der Waals surface area contributed by atoms with Crippen LogP contribution in [-0.4, -0.2) is 75.7 Å². The highest BCUT2D eigenvalue weighted by molar-refractivity contribution is 6.32. The molecule has 0 heterocycles. The molecule has 2 aromatic carbocycles. The van der Waals surface area contributed by atoms with Crippen LogP contribution in [0.5, 0.6) is 0 Å². The highest BCUT2D eigenvalue weighted by Crippen LogP contribution is 2.35. The lowest BCUT2D eigenvalue weighted by Crippen LogP contribution is -2.32. The van der Waals surface area contributed by atoms with Crippen molar-refractivity contribution in [3.63, 3.8) is 0 Å². The number of hydrogen-bond donors (Lipinski definition) is 4. The van der Waals surface area contributed by atoms with E-state index in [4.69, 9.17) is 0 Å². The van der Waals surface area contributed by atoms with Crippen LogP contribution < -0.4 is 21.3 Å².